The average molecular weight is 221 g/mol. The predicted molar refractivity (Wildman–Crippen MR) is 58.9 cm³/mol. The maximum Gasteiger partial charge on any atom is 0.225 e. The molecule has 1 aliphatic heterocycles. The third-order valence-electron chi connectivity index (χ3n) is 2.68. The fraction of sp³-hybridized carbons (Fsp3) is 0.417. The normalized spacial score (nSPS) is 19.6. The highest BCUT2D eigenvalue weighted by atomic mass is 16.5. The molecule has 0 saturated carbocycles. The maximum atomic E-state index is 11.6. The van der Waals surface area contributed by atoms with E-state index in [0.29, 0.717) is 19.8 Å². The van der Waals surface area contributed by atoms with E-state index in [1.165, 1.54) is 0 Å². The first-order valence-corrected chi connectivity index (χ1v) is 5.39. The number of amides is 1. The first-order valence-electron chi connectivity index (χ1n) is 5.39. The quantitative estimate of drug-likeness (QED) is 0.802. The van der Waals surface area contributed by atoms with E-state index in [9.17, 15) is 9.90 Å². The van der Waals surface area contributed by atoms with E-state index in [2.05, 4.69) is 5.32 Å². The minimum atomic E-state index is -0.0164. The number of phenolic OH excluding ortho intramolecular Hbond substituents is 1. The lowest BCUT2D eigenvalue weighted by Gasteiger charge is -2.09. The standard InChI is InChI=1S/C12H15NO3/c14-11-3-1-2-9(6-11)7-13-12(15)10-4-5-16-8-10/h1-3,6,10,14H,4-5,7-8H2,(H,13,15). The van der Waals surface area contributed by atoms with Crippen molar-refractivity contribution in [3.63, 3.8) is 0 Å². The monoisotopic (exact) mass is 221 g/mol. The number of hydrogen-bond acceptors (Lipinski definition) is 3. The summed E-state index contributed by atoms with van der Waals surface area (Å²) in [6, 6.07) is 6.88. The minimum Gasteiger partial charge on any atom is -0.508 e. The third-order valence-corrected chi connectivity index (χ3v) is 2.68. The third kappa shape index (κ3) is 2.73. The summed E-state index contributed by atoms with van der Waals surface area (Å²) in [6.07, 6.45) is 0.797. The fourth-order valence-electron chi connectivity index (χ4n) is 1.74. The Bertz CT molecular complexity index is 372. The molecular weight excluding hydrogens is 206 g/mol. The van der Waals surface area contributed by atoms with Gasteiger partial charge in [-0.25, -0.2) is 0 Å². The number of carbonyl (C=O) groups excluding carboxylic acids is 1. The van der Waals surface area contributed by atoms with Crippen molar-refractivity contribution in [3.05, 3.63) is 29.8 Å². The van der Waals surface area contributed by atoms with E-state index >= 15 is 0 Å². The van der Waals surface area contributed by atoms with Crippen LogP contribution in [0.25, 0.3) is 0 Å². The zero-order valence-corrected chi connectivity index (χ0v) is 8.98. The van der Waals surface area contributed by atoms with Crippen molar-refractivity contribution in [3.8, 4) is 5.75 Å². The molecule has 1 saturated heterocycles. The van der Waals surface area contributed by atoms with Crippen LogP contribution >= 0.6 is 0 Å². The summed E-state index contributed by atoms with van der Waals surface area (Å²) in [5.41, 5.74) is 0.896. The van der Waals surface area contributed by atoms with Gasteiger partial charge in [-0.3, -0.25) is 4.79 Å². The molecule has 0 radical (unpaired) electrons. The highest BCUT2D eigenvalue weighted by molar-refractivity contribution is 5.78. The Morgan fingerprint density at radius 1 is 1.56 bits per heavy atom. The second-order valence-corrected chi connectivity index (χ2v) is 3.95. The van der Waals surface area contributed by atoms with Crippen LogP contribution in [0.5, 0.6) is 5.75 Å². The number of aromatic hydroxyl groups is 1. The predicted octanol–water partition coefficient (Wildman–Crippen LogP) is 1.04. The molecule has 0 spiro atoms. The molecular formula is C12H15NO3. The number of ether oxygens (including phenoxy) is 1. The van der Waals surface area contributed by atoms with Gasteiger partial charge in [-0.15, -0.1) is 0 Å². The number of carbonyl (C=O) groups is 1. The first-order chi connectivity index (χ1) is 7.75. The van der Waals surface area contributed by atoms with Gasteiger partial charge in [-0.2, -0.15) is 0 Å². The highest BCUT2D eigenvalue weighted by Crippen LogP contribution is 2.13. The van der Waals surface area contributed by atoms with Gasteiger partial charge in [0.1, 0.15) is 5.75 Å². The molecule has 1 aliphatic rings. The van der Waals surface area contributed by atoms with Gasteiger partial charge >= 0.3 is 0 Å². The molecule has 4 nitrogen and oxygen atoms in total. The topological polar surface area (TPSA) is 58.6 Å². The Kier molecular flexibility index (Phi) is 3.41. The Morgan fingerprint density at radius 3 is 3.12 bits per heavy atom. The van der Waals surface area contributed by atoms with E-state index in [1.807, 2.05) is 6.07 Å². The summed E-state index contributed by atoms with van der Waals surface area (Å²) in [5.74, 6) is 0.231. The molecule has 2 rings (SSSR count). The molecule has 0 aliphatic carbocycles. The lowest BCUT2D eigenvalue weighted by atomic mass is 10.1. The molecule has 1 aromatic rings. The number of phenols is 1. The number of benzene rings is 1. The van der Waals surface area contributed by atoms with Crippen molar-refractivity contribution in [2.45, 2.75) is 13.0 Å². The van der Waals surface area contributed by atoms with Crippen molar-refractivity contribution in [1.82, 2.24) is 5.32 Å². The second-order valence-electron chi connectivity index (χ2n) is 3.95. The lowest BCUT2D eigenvalue weighted by Crippen LogP contribution is -2.30. The van der Waals surface area contributed by atoms with Crippen LogP contribution in [0.1, 0.15) is 12.0 Å². The number of rotatable bonds is 3. The summed E-state index contributed by atoms with van der Waals surface area (Å²) < 4.78 is 5.15. The summed E-state index contributed by atoms with van der Waals surface area (Å²) >= 11 is 0. The molecule has 1 aromatic carbocycles. The summed E-state index contributed by atoms with van der Waals surface area (Å²) in [6.45, 7) is 1.64. The van der Waals surface area contributed by atoms with Gasteiger partial charge in [0.2, 0.25) is 5.91 Å². The molecule has 1 amide bonds. The van der Waals surface area contributed by atoms with E-state index in [0.717, 1.165) is 12.0 Å². The van der Waals surface area contributed by atoms with Gasteiger partial charge in [-0.1, -0.05) is 12.1 Å². The Morgan fingerprint density at radius 2 is 2.44 bits per heavy atom. The van der Waals surface area contributed by atoms with Crippen molar-refractivity contribution < 1.29 is 14.6 Å². The Balaban J connectivity index is 1.84. The minimum absolute atomic E-state index is 0.0164. The largest absolute Gasteiger partial charge is 0.508 e. The van der Waals surface area contributed by atoms with E-state index in [4.69, 9.17) is 4.74 Å². The molecule has 86 valence electrons. The van der Waals surface area contributed by atoms with Crippen LogP contribution in [-0.4, -0.2) is 24.2 Å². The van der Waals surface area contributed by atoms with Crippen LogP contribution in [0.4, 0.5) is 0 Å². The summed E-state index contributed by atoms with van der Waals surface area (Å²) in [7, 11) is 0. The van der Waals surface area contributed by atoms with E-state index in [1.54, 1.807) is 18.2 Å². The summed E-state index contributed by atoms with van der Waals surface area (Å²) in [4.78, 5) is 11.6. The van der Waals surface area contributed by atoms with Crippen molar-refractivity contribution in [1.29, 1.82) is 0 Å². The molecule has 4 heteroatoms. The van der Waals surface area contributed by atoms with Gasteiger partial charge in [-0.05, 0) is 24.1 Å². The molecule has 16 heavy (non-hydrogen) atoms. The van der Waals surface area contributed by atoms with E-state index < -0.39 is 0 Å². The van der Waals surface area contributed by atoms with Crippen LogP contribution in [-0.2, 0) is 16.1 Å². The Hall–Kier alpha value is -1.55. The van der Waals surface area contributed by atoms with Gasteiger partial charge < -0.3 is 15.2 Å². The first kappa shape index (κ1) is 11.0. The molecule has 2 N–H and O–H groups in total. The van der Waals surface area contributed by atoms with Crippen molar-refractivity contribution in [2.24, 2.45) is 5.92 Å². The van der Waals surface area contributed by atoms with Gasteiger partial charge in [0, 0.05) is 13.2 Å². The van der Waals surface area contributed by atoms with Crippen LogP contribution < -0.4 is 5.32 Å². The molecule has 1 fully saturated rings. The number of nitrogens with one attached hydrogen (secondary N) is 1. The zero-order valence-electron chi connectivity index (χ0n) is 8.98. The second kappa shape index (κ2) is 4.99. The van der Waals surface area contributed by atoms with Crippen molar-refractivity contribution >= 4 is 5.91 Å². The molecule has 0 bridgehead atoms. The SMILES string of the molecule is O=C(NCc1cccc(O)c1)C1CCOC1. The fourth-order valence-corrected chi connectivity index (χ4v) is 1.74. The Labute approximate surface area is 94.2 Å². The summed E-state index contributed by atoms with van der Waals surface area (Å²) in [5, 5.41) is 12.1. The molecule has 1 unspecified atom stereocenters. The van der Waals surface area contributed by atoms with Gasteiger partial charge in [0.15, 0.2) is 0 Å². The van der Waals surface area contributed by atoms with Gasteiger partial charge in [0.05, 0.1) is 12.5 Å². The van der Waals surface area contributed by atoms with E-state index in [-0.39, 0.29) is 17.6 Å². The van der Waals surface area contributed by atoms with Crippen LogP contribution in [0.3, 0.4) is 0 Å². The highest BCUT2D eigenvalue weighted by Gasteiger charge is 2.22. The van der Waals surface area contributed by atoms with Crippen LogP contribution in [0.2, 0.25) is 0 Å². The smallest absolute Gasteiger partial charge is 0.225 e. The average Bonchev–Trinajstić information content (AvgIpc) is 2.79. The van der Waals surface area contributed by atoms with Crippen LogP contribution in [0.15, 0.2) is 24.3 Å². The van der Waals surface area contributed by atoms with Crippen molar-refractivity contribution in [2.75, 3.05) is 13.2 Å². The molecule has 1 heterocycles. The van der Waals surface area contributed by atoms with Crippen LogP contribution in [0, 0.1) is 5.92 Å². The zero-order chi connectivity index (χ0) is 11.4. The molecule has 0 aromatic heterocycles. The number of hydrogen-bond donors (Lipinski definition) is 2. The lowest BCUT2D eigenvalue weighted by molar-refractivity contribution is -0.125. The van der Waals surface area contributed by atoms with Gasteiger partial charge in [0.25, 0.3) is 0 Å². The maximum absolute atomic E-state index is 11.6. The molecule has 1 atom stereocenters.